The van der Waals surface area contributed by atoms with Crippen LogP contribution in [0.5, 0.6) is 0 Å². The summed E-state index contributed by atoms with van der Waals surface area (Å²) in [6, 6.07) is 5.51. The van der Waals surface area contributed by atoms with Crippen LogP contribution < -0.4 is 4.90 Å². The Labute approximate surface area is 101 Å². The van der Waals surface area contributed by atoms with Crippen LogP contribution in [-0.4, -0.2) is 13.1 Å². The van der Waals surface area contributed by atoms with Gasteiger partial charge in [-0.2, -0.15) is 0 Å². The van der Waals surface area contributed by atoms with E-state index in [1.54, 1.807) is 6.07 Å². The number of alkyl halides is 1. The topological polar surface area (TPSA) is 3.24 Å². The summed E-state index contributed by atoms with van der Waals surface area (Å²) < 4.78 is 13.4. The van der Waals surface area contributed by atoms with Gasteiger partial charge >= 0.3 is 0 Å². The SMILES string of the molecule is CC(C1CC1)N(C)c1cc(F)cc(CCl)c1. The number of rotatable bonds is 4. The highest BCUT2D eigenvalue weighted by atomic mass is 35.5. The Balaban J connectivity index is 2.20. The van der Waals surface area contributed by atoms with E-state index in [-0.39, 0.29) is 5.82 Å². The molecule has 3 heteroatoms. The molecule has 0 spiro atoms. The van der Waals surface area contributed by atoms with E-state index in [4.69, 9.17) is 11.6 Å². The molecule has 0 aliphatic heterocycles. The van der Waals surface area contributed by atoms with Gasteiger partial charge in [0, 0.05) is 24.7 Å². The predicted octanol–water partition coefficient (Wildman–Crippen LogP) is 3.80. The number of anilines is 1. The Morgan fingerprint density at radius 2 is 2.12 bits per heavy atom. The lowest BCUT2D eigenvalue weighted by Gasteiger charge is -2.27. The maximum absolute atomic E-state index is 13.4. The van der Waals surface area contributed by atoms with Gasteiger partial charge in [0.05, 0.1) is 0 Å². The summed E-state index contributed by atoms with van der Waals surface area (Å²) in [6.45, 7) is 2.20. The molecule has 0 heterocycles. The van der Waals surface area contributed by atoms with Gasteiger partial charge in [0.1, 0.15) is 5.82 Å². The van der Waals surface area contributed by atoms with E-state index in [2.05, 4.69) is 11.8 Å². The maximum atomic E-state index is 13.4. The van der Waals surface area contributed by atoms with Gasteiger partial charge in [0.2, 0.25) is 0 Å². The zero-order valence-corrected chi connectivity index (χ0v) is 10.5. The summed E-state index contributed by atoms with van der Waals surface area (Å²) in [6.07, 6.45) is 2.59. The van der Waals surface area contributed by atoms with Gasteiger partial charge in [-0.1, -0.05) is 0 Å². The number of hydrogen-bond donors (Lipinski definition) is 0. The van der Waals surface area contributed by atoms with Crippen LogP contribution in [0.4, 0.5) is 10.1 Å². The zero-order chi connectivity index (χ0) is 11.7. The molecule has 88 valence electrons. The minimum Gasteiger partial charge on any atom is -0.372 e. The molecule has 1 aromatic rings. The van der Waals surface area contributed by atoms with Gasteiger partial charge in [0.15, 0.2) is 0 Å². The van der Waals surface area contributed by atoms with Crippen LogP contribution in [0.1, 0.15) is 25.3 Å². The molecule has 0 aromatic heterocycles. The first-order valence-corrected chi connectivity index (χ1v) is 6.23. The van der Waals surface area contributed by atoms with Gasteiger partial charge < -0.3 is 4.90 Å². The second kappa shape index (κ2) is 4.62. The summed E-state index contributed by atoms with van der Waals surface area (Å²) in [4.78, 5) is 2.15. The molecular weight excluding hydrogens is 225 g/mol. The van der Waals surface area contributed by atoms with Crippen LogP contribution in [0.25, 0.3) is 0 Å². The number of halogens is 2. The lowest BCUT2D eigenvalue weighted by atomic mass is 10.1. The quantitative estimate of drug-likeness (QED) is 0.725. The lowest BCUT2D eigenvalue weighted by Crippen LogP contribution is -2.30. The van der Waals surface area contributed by atoms with E-state index in [1.165, 1.54) is 18.9 Å². The van der Waals surface area contributed by atoms with Gasteiger partial charge in [-0.25, -0.2) is 4.39 Å². The molecule has 16 heavy (non-hydrogen) atoms. The summed E-state index contributed by atoms with van der Waals surface area (Å²) in [7, 11) is 2.02. The van der Waals surface area contributed by atoms with E-state index < -0.39 is 0 Å². The third-order valence-electron chi connectivity index (χ3n) is 3.42. The van der Waals surface area contributed by atoms with Crippen LogP contribution in [0, 0.1) is 11.7 Å². The van der Waals surface area contributed by atoms with E-state index in [0.29, 0.717) is 11.9 Å². The number of benzene rings is 1. The van der Waals surface area contributed by atoms with Gasteiger partial charge in [0.25, 0.3) is 0 Å². The number of nitrogens with zero attached hydrogens (tertiary/aromatic N) is 1. The minimum atomic E-state index is -0.206. The summed E-state index contributed by atoms with van der Waals surface area (Å²) in [5, 5.41) is 0. The average molecular weight is 242 g/mol. The molecule has 0 bridgehead atoms. The van der Waals surface area contributed by atoms with E-state index >= 15 is 0 Å². The fraction of sp³-hybridized carbons (Fsp3) is 0.538. The third kappa shape index (κ3) is 2.49. The van der Waals surface area contributed by atoms with E-state index in [1.807, 2.05) is 13.1 Å². The zero-order valence-electron chi connectivity index (χ0n) is 9.71. The van der Waals surface area contributed by atoms with Crippen LogP contribution in [0.15, 0.2) is 18.2 Å². The van der Waals surface area contributed by atoms with Crippen LogP contribution >= 0.6 is 11.6 Å². The molecule has 0 radical (unpaired) electrons. The first kappa shape index (κ1) is 11.7. The van der Waals surface area contributed by atoms with Crippen molar-refractivity contribution in [1.82, 2.24) is 0 Å². The monoisotopic (exact) mass is 241 g/mol. The van der Waals surface area contributed by atoms with Crippen LogP contribution in [-0.2, 0) is 5.88 Å². The van der Waals surface area contributed by atoms with Crippen molar-refractivity contribution in [2.45, 2.75) is 31.7 Å². The van der Waals surface area contributed by atoms with Crippen LogP contribution in [0.3, 0.4) is 0 Å². The van der Waals surface area contributed by atoms with Crippen molar-refractivity contribution >= 4 is 17.3 Å². The fourth-order valence-corrected chi connectivity index (χ4v) is 2.20. The molecule has 2 rings (SSSR count). The lowest BCUT2D eigenvalue weighted by molar-refractivity contribution is 0.600. The Bertz CT molecular complexity index is 376. The first-order chi connectivity index (χ1) is 7.61. The molecule has 1 aromatic carbocycles. The molecule has 1 aliphatic carbocycles. The van der Waals surface area contributed by atoms with Gasteiger partial charge in [-0.3, -0.25) is 0 Å². The summed E-state index contributed by atoms with van der Waals surface area (Å²) >= 11 is 5.74. The van der Waals surface area contributed by atoms with E-state index in [0.717, 1.165) is 17.2 Å². The van der Waals surface area contributed by atoms with Crippen LogP contribution in [0.2, 0.25) is 0 Å². The Kier molecular flexibility index (Phi) is 3.38. The first-order valence-electron chi connectivity index (χ1n) is 5.70. The fourth-order valence-electron chi connectivity index (χ4n) is 2.04. The van der Waals surface area contributed by atoms with Crippen molar-refractivity contribution in [2.75, 3.05) is 11.9 Å². The van der Waals surface area contributed by atoms with Crippen molar-refractivity contribution in [3.8, 4) is 0 Å². The predicted molar refractivity (Wildman–Crippen MR) is 66.5 cm³/mol. The Hall–Kier alpha value is -0.760. The van der Waals surface area contributed by atoms with Crippen molar-refractivity contribution in [3.63, 3.8) is 0 Å². The molecule has 0 amide bonds. The molecule has 0 N–H and O–H groups in total. The molecular formula is C13H17ClFN. The molecule has 1 fully saturated rings. The normalized spacial score (nSPS) is 17.2. The second-order valence-corrected chi connectivity index (χ2v) is 4.91. The molecule has 1 atom stereocenters. The Morgan fingerprint density at radius 3 is 2.69 bits per heavy atom. The molecule has 0 saturated heterocycles. The largest absolute Gasteiger partial charge is 0.372 e. The Morgan fingerprint density at radius 1 is 1.44 bits per heavy atom. The van der Waals surface area contributed by atoms with Gasteiger partial charge in [-0.05, 0) is 49.4 Å². The van der Waals surface area contributed by atoms with Crippen molar-refractivity contribution in [1.29, 1.82) is 0 Å². The standard InChI is InChI=1S/C13H17ClFN/c1-9(11-3-4-11)16(2)13-6-10(8-14)5-12(15)7-13/h5-7,9,11H,3-4,8H2,1-2H3. The highest BCUT2D eigenvalue weighted by Gasteiger charge is 2.30. The van der Waals surface area contributed by atoms with Crippen molar-refractivity contribution in [2.24, 2.45) is 5.92 Å². The summed E-state index contributed by atoms with van der Waals surface area (Å²) in [5.41, 5.74) is 1.77. The maximum Gasteiger partial charge on any atom is 0.125 e. The average Bonchev–Trinajstić information content (AvgIpc) is 3.10. The van der Waals surface area contributed by atoms with Crippen molar-refractivity contribution < 1.29 is 4.39 Å². The highest BCUT2D eigenvalue weighted by molar-refractivity contribution is 6.17. The molecule has 1 unspecified atom stereocenters. The third-order valence-corrected chi connectivity index (χ3v) is 3.73. The molecule has 1 nitrogen and oxygen atoms in total. The highest BCUT2D eigenvalue weighted by Crippen LogP contribution is 2.36. The van der Waals surface area contributed by atoms with E-state index in [9.17, 15) is 4.39 Å². The summed E-state index contributed by atoms with van der Waals surface area (Å²) in [5.74, 6) is 0.923. The molecule has 1 aliphatic rings. The smallest absolute Gasteiger partial charge is 0.125 e. The minimum absolute atomic E-state index is 0.206. The number of hydrogen-bond acceptors (Lipinski definition) is 1. The van der Waals surface area contributed by atoms with Crippen molar-refractivity contribution in [3.05, 3.63) is 29.6 Å². The van der Waals surface area contributed by atoms with Gasteiger partial charge in [-0.15, -0.1) is 11.6 Å². The molecule has 1 saturated carbocycles. The second-order valence-electron chi connectivity index (χ2n) is 4.64.